The molecule has 12 heteroatoms. The predicted molar refractivity (Wildman–Crippen MR) is 372 cm³/mol. The van der Waals surface area contributed by atoms with E-state index in [0.29, 0.717) is 52.8 Å². The minimum atomic E-state index is -1.40. The Morgan fingerprint density at radius 3 is 0.621 bits per heavy atom. The highest BCUT2D eigenvalue weighted by atomic mass is 32.2. The minimum absolute atomic E-state index is 0.687. The molecule has 0 spiro atoms. The van der Waals surface area contributed by atoms with Crippen LogP contribution in [-0.2, 0) is 65.0 Å². The molecule has 0 aliphatic rings. The highest BCUT2D eigenvalue weighted by Crippen LogP contribution is 2.48. The molecule has 0 atom stereocenters. The number of rotatable bonds is 24. The van der Waals surface area contributed by atoms with Crippen molar-refractivity contribution in [1.29, 1.82) is 0 Å². The van der Waals surface area contributed by atoms with Crippen molar-refractivity contribution >= 4 is 36.1 Å². The van der Waals surface area contributed by atoms with Crippen LogP contribution >= 0.6 is 36.1 Å². The first-order valence-electron chi connectivity index (χ1n) is 28.5. The molecule has 0 bridgehead atoms. The molecule has 95 heavy (non-hydrogen) atoms. The second kappa shape index (κ2) is 35.8. The van der Waals surface area contributed by atoms with E-state index >= 15 is 0 Å². The first kappa shape index (κ1) is 67.8. The molecule has 0 saturated carbocycles. The Kier molecular flexibility index (Phi) is 25.6. The van der Waals surface area contributed by atoms with Gasteiger partial charge in [0.2, 0.25) is 0 Å². The summed E-state index contributed by atoms with van der Waals surface area (Å²) >= 11 is 2.06. The molecular weight excluding hydrogens is 1240 g/mol. The zero-order valence-corrected chi connectivity index (χ0v) is 52.8. The van der Waals surface area contributed by atoms with Crippen molar-refractivity contribution in [1.82, 2.24) is 0 Å². The van der Waals surface area contributed by atoms with Crippen molar-refractivity contribution in [3.8, 4) is 142 Å². The van der Waals surface area contributed by atoms with E-state index in [9.17, 15) is 0 Å². The van der Waals surface area contributed by atoms with E-state index < -0.39 is 22.2 Å². The van der Waals surface area contributed by atoms with Crippen LogP contribution in [0.15, 0.2) is 255 Å². The minimum Gasteiger partial charge on any atom is -0.184 e. The Morgan fingerprint density at radius 1 is 0.232 bits per heavy atom. The van der Waals surface area contributed by atoms with Crippen LogP contribution in [0.5, 0.6) is 0 Å². The maximum Gasteiger partial charge on any atom is 0.182 e. The van der Waals surface area contributed by atoms with E-state index in [1.165, 1.54) is 0 Å². The second-order valence-corrected chi connectivity index (χ2v) is 21.1. The lowest BCUT2D eigenvalue weighted by atomic mass is 9.69. The quantitative estimate of drug-likeness (QED) is 0.0144. The van der Waals surface area contributed by atoms with Crippen molar-refractivity contribution in [2.45, 2.75) is 29.1 Å². The lowest BCUT2D eigenvalue weighted by molar-refractivity contribution is -0.490. The third kappa shape index (κ3) is 16.9. The Labute approximate surface area is 567 Å². The van der Waals surface area contributed by atoms with Crippen molar-refractivity contribution in [2.75, 3.05) is 0 Å². The summed E-state index contributed by atoms with van der Waals surface area (Å²) in [4.78, 5) is 19.5. The number of benzene rings is 9. The molecular formula is C83H48O9S3. The Hall–Kier alpha value is -11.6. The third-order valence-electron chi connectivity index (χ3n) is 14.6. The highest BCUT2D eigenvalue weighted by molar-refractivity contribution is 7.99. The second-order valence-electron chi connectivity index (χ2n) is 19.6. The van der Waals surface area contributed by atoms with E-state index in [1.807, 2.05) is 218 Å². The van der Waals surface area contributed by atoms with E-state index in [2.05, 4.69) is 166 Å². The molecule has 0 radical (unpaired) electrons. The van der Waals surface area contributed by atoms with Gasteiger partial charge < -0.3 is 0 Å². The first-order chi connectivity index (χ1) is 46.9. The molecule has 9 aromatic rings. The molecule has 0 aliphatic heterocycles. The van der Waals surface area contributed by atoms with Crippen LogP contribution in [0.1, 0.15) is 73.7 Å². The van der Waals surface area contributed by atoms with Crippen LogP contribution in [0.2, 0.25) is 0 Å². The van der Waals surface area contributed by atoms with Gasteiger partial charge in [0.1, 0.15) is 36.1 Å². The summed E-state index contributed by atoms with van der Waals surface area (Å²) < 4.78 is 16.4. The largest absolute Gasteiger partial charge is 0.184 e. The van der Waals surface area contributed by atoms with Gasteiger partial charge in [-0.3, -0.25) is 0 Å². The van der Waals surface area contributed by atoms with Crippen molar-refractivity contribution in [2.24, 2.45) is 0 Å². The van der Waals surface area contributed by atoms with Gasteiger partial charge in [-0.05, 0) is 162 Å². The molecule has 9 aromatic carbocycles. The van der Waals surface area contributed by atoms with Gasteiger partial charge in [0.15, 0.2) is 16.8 Å². The maximum absolute atomic E-state index is 6.52. The summed E-state index contributed by atoms with van der Waals surface area (Å²) in [7, 11) is 0. The molecule has 0 fully saturated rings. The molecule has 9 rings (SSSR count). The van der Waals surface area contributed by atoms with Crippen LogP contribution < -0.4 is 0 Å². The molecule has 0 aliphatic carbocycles. The number of hydrogen-bond acceptors (Lipinski definition) is 12. The van der Waals surface area contributed by atoms with Crippen LogP contribution in [0, 0.1) is 142 Å². The zero-order chi connectivity index (χ0) is 66.0. The summed E-state index contributed by atoms with van der Waals surface area (Å²) in [5, 5.41) is 25.0. The van der Waals surface area contributed by atoms with Crippen molar-refractivity contribution in [3.05, 3.63) is 322 Å². The topological polar surface area (TPSA) is 83.1 Å². The lowest BCUT2D eigenvalue weighted by Gasteiger charge is -2.37. The normalized spacial score (nSPS) is 10.3. The maximum atomic E-state index is 6.52. The Bertz CT molecular complexity index is 4200. The van der Waals surface area contributed by atoms with Crippen LogP contribution in [-0.4, -0.2) is 0 Å². The van der Waals surface area contributed by atoms with E-state index in [4.69, 9.17) is 62.0 Å². The average Bonchev–Trinajstić information content (AvgIpc) is 0.752. The van der Waals surface area contributed by atoms with Crippen LogP contribution in [0.25, 0.3) is 0 Å². The van der Waals surface area contributed by atoms with E-state index in [1.54, 1.807) is 0 Å². The molecule has 452 valence electrons. The molecule has 0 amide bonds. The molecule has 0 unspecified atom stereocenters. The predicted octanol–water partition coefficient (Wildman–Crippen LogP) is 15.3. The fourth-order valence-electron chi connectivity index (χ4n) is 10.4. The summed E-state index contributed by atoms with van der Waals surface area (Å²) in [5.74, 6) is 44.8. The zero-order valence-electron chi connectivity index (χ0n) is 50.4. The van der Waals surface area contributed by atoms with Gasteiger partial charge in [-0.2, -0.15) is 14.7 Å². The molecule has 9 nitrogen and oxygen atoms in total. The van der Waals surface area contributed by atoms with Crippen LogP contribution in [0.4, 0.5) is 0 Å². The third-order valence-corrected chi connectivity index (χ3v) is 15.5. The fraction of sp³-hybridized carbons (Fsp3) is 0.0602. The monoisotopic (exact) mass is 1280 g/mol. The van der Waals surface area contributed by atoms with Gasteiger partial charge >= 0.3 is 0 Å². The molecule has 0 heterocycles. The number of terminal acetylenes is 3. The molecule has 0 N–H and O–H groups in total. The summed E-state index contributed by atoms with van der Waals surface area (Å²) in [5.41, 5.74) is 4.07. The number of hydrogen-bond donors (Lipinski definition) is 0. The summed E-state index contributed by atoms with van der Waals surface area (Å²) in [6, 6.07) is 82.9. The van der Waals surface area contributed by atoms with Gasteiger partial charge in [0, 0.05) is 38.9 Å². The molecule has 0 aromatic heterocycles. The standard InChI is InChI=1S/C83H48O9S3/c1-5-8-11-14-17-38-65-93-90-87-84-81(71-41-26-20-27-42-71,72-43-28-21-29-44-72)77-59-53-68(54-60-77)80(4,69-55-61-78(62-56-69)82(73-45-30-22-31-46-73,74-47-32-23-33-48-74)85-88-91-94-66-39-18-15-12-9-6-2)70-57-63-79(64-58-70)83(75-49-34-24-35-50-75,76-51-36-25-37-52-76)86-89-92-95-67-40-19-16-13-10-7-3/h1-3,20-37,41-64H,4H3. The van der Waals surface area contributed by atoms with Gasteiger partial charge in [0.05, 0.1) is 0 Å². The van der Waals surface area contributed by atoms with E-state index in [0.717, 1.165) is 50.1 Å². The molecule has 0 saturated heterocycles. The van der Waals surface area contributed by atoms with Gasteiger partial charge in [-0.25, -0.2) is 0 Å². The summed E-state index contributed by atoms with van der Waals surface area (Å²) in [6.07, 6.45) is 15.6. The fourth-order valence-corrected chi connectivity index (χ4v) is 10.9. The summed E-state index contributed by atoms with van der Waals surface area (Å²) in [6.45, 7) is 2.17. The lowest BCUT2D eigenvalue weighted by Crippen LogP contribution is -2.34. The van der Waals surface area contributed by atoms with Crippen LogP contribution in [0.3, 0.4) is 0 Å². The SMILES string of the molecule is C#CC#CC#CC#CSOOOC(c1ccccc1)(c1ccccc1)c1ccc(C(C)(c2ccc(C(OOOSC#CC#CC#CC#C)(c3ccccc3)c3ccccc3)cc2)c2ccc(C(OOOSC#CC#CC#CC#C)(c3ccccc3)c3ccccc3)cc2)cc1. The Morgan fingerprint density at radius 2 is 0.411 bits per heavy atom. The van der Waals surface area contributed by atoms with Crippen molar-refractivity contribution < 1.29 is 42.8 Å². The van der Waals surface area contributed by atoms with E-state index in [-0.39, 0.29) is 0 Å². The Balaban J connectivity index is 1.18. The smallest absolute Gasteiger partial charge is 0.182 e. The highest BCUT2D eigenvalue weighted by Gasteiger charge is 2.44. The first-order valence-corrected chi connectivity index (χ1v) is 30.7. The average molecular weight is 1290 g/mol. The van der Waals surface area contributed by atoms with Gasteiger partial charge in [-0.1, -0.05) is 270 Å². The van der Waals surface area contributed by atoms with Gasteiger partial charge in [-0.15, -0.1) is 32.3 Å². The van der Waals surface area contributed by atoms with Crippen molar-refractivity contribution in [3.63, 3.8) is 0 Å². The van der Waals surface area contributed by atoms with Gasteiger partial charge in [0.25, 0.3) is 0 Å².